The highest BCUT2D eigenvalue weighted by molar-refractivity contribution is 6.27. The average Bonchev–Trinajstić information content (AvgIpc) is 2.52. The summed E-state index contributed by atoms with van der Waals surface area (Å²) in [5, 5.41) is 2.71. The summed E-state index contributed by atoms with van der Waals surface area (Å²) >= 11 is 5.44. The smallest absolute Gasteiger partial charge is 0.410 e. The minimum atomic E-state index is -0.543. The van der Waals surface area contributed by atoms with Crippen molar-refractivity contribution in [2.24, 2.45) is 0 Å². The van der Waals surface area contributed by atoms with Crippen LogP contribution in [0.25, 0.3) is 0 Å². The van der Waals surface area contributed by atoms with E-state index >= 15 is 0 Å². The fraction of sp³-hybridized carbons (Fsp3) is 0.833. The lowest BCUT2D eigenvalue weighted by Gasteiger charge is -2.27. The SMILES string of the molecule is CC(C)(C)OC(=O)N1CCOCC(NC(=O)CCl)C1. The average molecular weight is 293 g/mol. The number of nitrogens with one attached hydrogen (secondary N) is 1. The molecule has 0 aromatic carbocycles. The van der Waals surface area contributed by atoms with Crippen LogP contribution in [0.15, 0.2) is 0 Å². The minimum absolute atomic E-state index is 0.108. The predicted molar refractivity (Wildman–Crippen MR) is 71.3 cm³/mol. The number of alkyl halides is 1. The van der Waals surface area contributed by atoms with Crippen LogP contribution in [0.4, 0.5) is 4.79 Å². The Morgan fingerprint density at radius 2 is 2.16 bits per heavy atom. The number of rotatable bonds is 2. The van der Waals surface area contributed by atoms with Gasteiger partial charge in [-0.3, -0.25) is 4.79 Å². The third kappa shape index (κ3) is 6.11. The molecule has 1 atom stereocenters. The van der Waals surface area contributed by atoms with Crippen molar-refractivity contribution in [2.45, 2.75) is 32.4 Å². The molecule has 1 heterocycles. The van der Waals surface area contributed by atoms with E-state index in [0.717, 1.165) is 0 Å². The van der Waals surface area contributed by atoms with Gasteiger partial charge in [-0.05, 0) is 20.8 Å². The van der Waals surface area contributed by atoms with Crippen molar-refractivity contribution in [3.63, 3.8) is 0 Å². The summed E-state index contributed by atoms with van der Waals surface area (Å²) in [7, 11) is 0. The summed E-state index contributed by atoms with van der Waals surface area (Å²) in [5.41, 5.74) is -0.543. The normalized spacial score (nSPS) is 20.6. The molecule has 1 rings (SSSR count). The largest absolute Gasteiger partial charge is 0.444 e. The van der Waals surface area contributed by atoms with Gasteiger partial charge in [0.1, 0.15) is 11.5 Å². The Morgan fingerprint density at radius 3 is 2.74 bits per heavy atom. The molecule has 7 heteroatoms. The van der Waals surface area contributed by atoms with Gasteiger partial charge >= 0.3 is 6.09 Å². The Morgan fingerprint density at radius 1 is 1.47 bits per heavy atom. The Kier molecular flexibility index (Phi) is 5.87. The van der Waals surface area contributed by atoms with E-state index in [2.05, 4.69) is 5.32 Å². The number of hydrogen-bond donors (Lipinski definition) is 1. The Labute approximate surface area is 118 Å². The molecule has 1 unspecified atom stereocenters. The molecule has 0 aromatic rings. The van der Waals surface area contributed by atoms with E-state index in [1.54, 1.807) is 0 Å². The molecular formula is C12H21ClN2O4. The summed E-state index contributed by atoms with van der Waals surface area (Å²) in [6.07, 6.45) is -0.400. The molecule has 0 spiro atoms. The summed E-state index contributed by atoms with van der Waals surface area (Å²) < 4.78 is 10.7. The number of ether oxygens (including phenoxy) is 2. The van der Waals surface area contributed by atoms with Crippen molar-refractivity contribution in [1.82, 2.24) is 10.2 Å². The van der Waals surface area contributed by atoms with Crippen molar-refractivity contribution < 1.29 is 19.1 Å². The first-order valence-electron chi connectivity index (χ1n) is 6.23. The van der Waals surface area contributed by atoms with Crippen LogP contribution in [0.3, 0.4) is 0 Å². The second-order valence-corrected chi connectivity index (χ2v) is 5.67. The maximum absolute atomic E-state index is 12.0. The van der Waals surface area contributed by atoms with Crippen LogP contribution in [0.2, 0.25) is 0 Å². The third-order valence-electron chi connectivity index (χ3n) is 2.40. The molecule has 1 aliphatic heterocycles. The number of nitrogens with zero attached hydrogens (tertiary/aromatic N) is 1. The second-order valence-electron chi connectivity index (χ2n) is 5.40. The number of halogens is 1. The van der Waals surface area contributed by atoms with E-state index < -0.39 is 11.7 Å². The number of carbonyl (C=O) groups excluding carboxylic acids is 2. The first-order valence-corrected chi connectivity index (χ1v) is 6.76. The summed E-state index contributed by atoms with van der Waals surface area (Å²) in [6.45, 7) is 7.03. The summed E-state index contributed by atoms with van der Waals surface area (Å²) in [4.78, 5) is 24.8. The molecule has 1 fully saturated rings. The van der Waals surface area contributed by atoms with Gasteiger partial charge in [0.2, 0.25) is 5.91 Å². The van der Waals surface area contributed by atoms with Gasteiger partial charge in [-0.15, -0.1) is 11.6 Å². The van der Waals surface area contributed by atoms with Crippen LogP contribution < -0.4 is 5.32 Å². The molecule has 1 aliphatic rings. The molecule has 110 valence electrons. The van der Waals surface area contributed by atoms with Crippen molar-refractivity contribution in [1.29, 1.82) is 0 Å². The highest BCUT2D eigenvalue weighted by atomic mass is 35.5. The second kappa shape index (κ2) is 6.96. The van der Waals surface area contributed by atoms with E-state index in [9.17, 15) is 9.59 Å². The first-order chi connectivity index (χ1) is 8.81. The number of amides is 2. The topological polar surface area (TPSA) is 67.9 Å². The fourth-order valence-corrected chi connectivity index (χ4v) is 1.73. The van der Waals surface area contributed by atoms with E-state index in [4.69, 9.17) is 21.1 Å². The van der Waals surface area contributed by atoms with Crippen LogP contribution in [-0.2, 0) is 14.3 Å². The number of hydrogen-bond acceptors (Lipinski definition) is 4. The predicted octanol–water partition coefficient (Wildman–Crippen LogP) is 0.977. The lowest BCUT2D eigenvalue weighted by Crippen LogP contribution is -2.47. The Balaban J connectivity index is 2.57. The van der Waals surface area contributed by atoms with Crippen LogP contribution in [-0.4, -0.2) is 60.7 Å². The molecule has 6 nitrogen and oxygen atoms in total. The molecule has 0 aromatic heterocycles. The molecule has 0 bridgehead atoms. The van der Waals surface area contributed by atoms with E-state index in [-0.39, 0.29) is 17.8 Å². The zero-order valence-electron chi connectivity index (χ0n) is 11.6. The van der Waals surface area contributed by atoms with E-state index in [0.29, 0.717) is 26.3 Å². The molecule has 1 saturated heterocycles. The molecule has 2 amide bonds. The van der Waals surface area contributed by atoms with Crippen molar-refractivity contribution in [2.75, 3.05) is 32.2 Å². The van der Waals surface area contributed by atoms with Crippen LogP contribution in [0, 0.1) is 0 Å². The molecule has 1 N–H and O–H groups in total. The fourth-order valence-electron chi connectivity index (χ4n) is 1.66. The van der Waals surface area contributed by atoms with Gasteiger partial charge in [0, 0.05) is 13.1 Å². The molecule has 0 radical (unpaired) electrons. The minimum Gasteiger partial charge on any atom is -0.444 e. The van der Waals surface area contributed by atoms with Crippen LogP contribution in [0.5, 0.6) is 0 Å². The Bertz CT molecular complexity index is 330. The Hall–Kier alpha value is -1.01. The quantitative estimate of drug-likeness (QED) is 0.770. The molecule has 0 saturated carbocycles. The van der Waals surface area contributed by atoms with Gasteiger partial charge < -0.3 is 19.7 Å². The standard InChI is InChI=1S/C12H21ClN2O4/c1-12(2,3)19-11(17)15-4-5-18-8-9(7-15)14-10(16)6-13/h9H,4-8H2,1-3H3,(H,14,16). The van der Waals surface area contributed by atoms with E-state index in [1.165, 1.54) is 4.90 Å². The number of carbonyl (C=O) groups is 2. The highest BCUT2D eigenvalue weighted by Gasteiger charge is 2.27. The zero-order valence-corrected chi connectivity index (χ0v) is 12.3. The van der Waals surface area contributed by atoms with Crippen molar-refractivity contribution >= 4 is 23.6 Å². The lowest BCUT2D eigenvalue weighted by atomic mass is 10.2. The molecule has 0 aliphatic carbocycles. The monoisotopic (exact) mass is 292 g/mol. The van der Waals surface area contributed by atoms with Gasteiger partial charge in [0.25, 0.3) is 0 Å². The summed E-state index contributed by atoms with van der Waals surface area (Å²) in [6, 6.07) is -0.263. The highest BCUT2D eigenvalue weighted by Crippen LogP contribution is 2.11. The van der Waals surface area contributed by atoms with Gasteiger partial charge in [-0.25, -0.2) is 4.79 Å². The lowest BCUT2D eigenvalue weighted by molar-refractivity contribution is -0.119. The third-order valence-corrected chi connectivity index (χ3v) is 2.65. The summed E-state index contributed by atoms with van der Waals surface area (Å²) in [5.74, 6) is -0.385. The van der Waals surface area contributed by atoms with Crippen molar-refractivity contribution in [3.8, 4) is 0 Å². The van der Waals surface area contributed by atoms with Gasteiger partial charge in [-0.2, -0.15) is 0 Å². The zero-order chi connectivity index (χ0) is 14.5. The van der Waals surface area contributed by atoms with Crippen molar-refractivity contribution in [3.05, 3.63) is 0 Å². The molecular weight excluding hydrogens is 272 g/mol. The first kappa shape index (κ1) is 16.0. The molecule has 19 heavy (non-hydrogen) atoms. The van der Waals surface area contributed by atoms with Gasteiger partial charge in [0.15, 0.2) is 0 Å². The van der Waals surface area contributed by atoms with E-state index in [1.807, 2.05) is 20.8 Å². The van der Waals surface area contributed by atoms with Gasteiger partial charge in [-0.1, -0.05) is 0 Å². The maximum atomic E-state index is 12.0. The van der Waals surface area contributed by atoms with Crippen LogP contribution >= 0.6 is 11.6 Å². The maximum Gasteiger partial charge on any atom is 0.410 e. The van der Waals surface area contributed by atoms with Crippen LogP contribution in [0.1, 0.15) is 20.8 Å². The van der Waals surface area contributed by atoms with Gasteiger partial charge in [0.05, 0.1) is 19.3 Å².